The van der Waals surface area contributed by atoms with Gasteiger partial charge in [-0.15, -0.1) is 0 Å². The van der Waals surface area contributed by atoms with Crippen LogP contribution in [-0.4, -0.2) is 0 Å². The van der Waals surface area contributed by atoms with Crippen LogP contribution in [0, 0.1) is 11.3 Å². The zero-order chi connectivity index (χ0) is 10.1. The number of nitriles is 1. The molecule has 0 unspecified atom stereocenters. The van der Waals surface area contributed by atoms with Crippen LogP contribution in [0.25, 0.3) is 0 Å². The molecule has 0 aliphatic carbocycles. The van der Waals surface area contributed by atoms with Crippen molar-refractivity contribution in [2.75, 3.05) is 0 Å². The number of hydrogen-bond acceptors (Lipinski definition) is 1. The van der Waals surface area contributed by atoms with Gasteiger partial charge < -0.3 is 0 Å². The van der Waals surface area contributed by atoms with Gasteiger partial charge in [0.05, 0.1) is 11.6 Å². The number of halogens is 1. The van der Waals surface area contributed by atoms with Crippen molar-refractivity contribution in [1.29, 1.82) is 5.26 Å². The molecule has 1 nitrogen and oxygen atoms in total. The number of hydrogen-bond donors (Lipinski definition) is 0. The van der Waals surface area contributed by atoms with Crippen molar-refractivity contribution < 1.29 is 0 Å². The summed E-state index contributed by atoms with van der Waals surface area (Å²) in [5.41, 5.74) is 1.67. The second-order valence-corrected chi connectivity index (χ2v) is 4.46. The molecule has 0 saturated carbocycles. The molecule has 13 heavy (non-hydrogen) atoms. The quantitative estimate of drug-likeness (QED) is 0.619. The van der Waals surface area contributed by atoms with Crippen LogP contribution in [0.15, 0.2) is 18.2 Å². The minimum absolute atomic E-state index is 0.00998. The molecule has 0 radical (unpaired) electrons. The monoisotopic (exact) mass is 193 g/mol. The summed E-state index contributed by atoms with van der Waals surface area (Å²) in [4.78, 5) is 0. The van der Waals surface area contributed by atoms with E-state index < -0.39 is 0 Å². The fourth-order valence-corrected chi connectivity index (χ4v) is 1.57. The van der Waals surface area contributed by atoms with Gasteiger partial charge in [-0.2, -0.15) is 5.26 Å². The van der Waals surface area contributed by atoms with E-state index in [2.05, 4.69) is 26.8 Å². The second-order valence-electron chi connectivity index (χ2n) is 4.06. The SMILES string of the molecule is CC(C)(C)c1cc(C#N)ccc1Cl. The first-order chi connectivity index (χ1) is 5.95. The van der Waals surface area contributed by atoms with Crippen molar-refractivity contribution in [3.8, 4) is 6.07 Å². The molecule has 0 spiro atoms. The number of benzene rings is 1. The fourth-order valence-electron chi connectivity index (χ4n) is 1.17. The number of nitrogens with zero attached hydrogens (tertiary/aromatic N) is 1. The lowest BCUT2D eigenvalue weighted by molar-refractivity contribution is 0.590. The zero-order valence-electron chi connectivity index (χ0n) is 8.06. The van der Waals surface area contributed by atoms with E-state index in [-0.39, 0.29) is 5.41 Å². The maximum atomic E-state index is 8.73. The highest BCUT2D eigenvalue weighted by atomic mass is 35.5. The molecule has 0 aliphatic heterocycles. The van der Waals surface area contributed by atoms with Crippen molar-refractivity contribution in [1.82, 2.24) is 0 Å². The van der Waals surface area contributed by atoms with Gasteiger partial charge in [0.2, 0.25) is 0 Å². The molecule has 1 rings (SSSR count). The van der Waals surface area contributed by atoms with E-state index in [0.29, 0.717) is 5.56 Å². The Morgan fingerprint density at radius 3 is 2.38 bits per heavy atom. The van der Waals surface area contributed by atoms with E-state index in [0.717, 1.165) is 10.6 Å². The Kier molecular flexibility index (Phi) is 2.63. The molecule has 1 aromatic rings. The van der Waals surface area contributed by atoms with E-state index in [9.17, 15) is 0 Å². The molecule has 0 N–H and O–H groups in total. The smallest absolute Gasteiger partial charge is 0.0991 e. The Morgan fingerprint density at radius 1 is 1.31 bits per heavy atom. The highest BCUT2D eigenvalue weighted by molar-refractivity contribution is 6.31. The highest BCUT2D eigenvalue weighted by Gasteiger charge is 2.17. The van der Waals surface area contributed by atoms with E-state index in [1.807, 2.05) is 6.07 Å². The summed E-state index contributed by atoms with van der Waals surface area (Å²) in [7, 11) is 0. The molecule has 2 heteroatoms. The third-order valence-electron chi connectivity index (χ3n) is 1.90. The third-order valence-corrected chi connectivity index (χ3v) is 2.23. The molecule has 0 bridgehead atoms. The van der Waals surface area contributed by atoms with Crippen LogP contribution in [0.1, 0.15) is 31.9 Å². The fraction of sp³-hybridized carbons (Fsp3) is 0.364. The first kappa shape index (κ1) is 10.1. The van der Waals surface area contributed by atoms with Gasteiger partial charge in [0.1, 0.15) is 0 Å². The van der Waals surface area contributed by atoms with Gasteiger partial charge in [-0.3, -0.25) is 0 Å². The molecule has 0 fully saturated rings. The Labute approximate surface area is 84.0 Å². The predicted molar refractivity (Wildman–Crippen MR) is 54.9 cm³/mol. The van der Waals surface area contributed by atoms with Crippen LogP contribution in [0.4, 0.5) is 0 Å². The van der Waals surface area contributed by atoms with Gasteiger partial charge in [-0.1, -0.05) is 32.4 Å². The second kappa shape index (κ2) is 3.40. The van der Waals surface area contributed by atoms with Crippen molar-refractivity contribution in [2.24, 2.45) is 0 Å². The normalized spacial score (nSPS) is 11.0. The zero-order valence-corrected chi connectivity index (χ0v) is 8.81. The molecule has 0 amide bonds. The molecule has 0 aliphatic rings. The summed E-state index contributed by atoms with van der Waals surface area (Å²) in [6, 6.07) is 7.47. The molecule has 68 valence electrons. The van der Waals surface area contributed by atoms with Gasteiger partial charge in [-0.25, -0.2) is 0 Å². The van der Waals surface area contributed by atoms with Crippen LogP contribution < -0.4 is 0 Å². The van der Waals surface area contributed by atoms with Gasteiger partial charge in [-0.05, 0) is 29.2 Å². The largest absolute Gasteiger partial charge is 0.192 e. The lowest BCUT2D eigenvalue weighted by Crippen LogP contribution is -2.11. The average molecular weight is 194 g/mol. The lowest BCUT2D eigenvalue weighted by atomic mass is 9.86. The molecule has 0 heterocycles. The van der Waals surface area contributed by atoms with Crippen LogP contribution in [0.2, 0.25) is 5.02 Å². The molecule has 0 saturated heterocycles. The molecular weight excluding hydrogens is 182 g/mol. The summed E-state index contributed by atoms with van der Waals surface area (Å²) >= 11 is 6.03. The molecular formula is C11H12ClN. The van der Waals surface area contributed by atoms with Crippen molar-refractivity contribution in [3.05, 3.63) is 34.3 Å². The first-order valence-electron chi connectivity index (χ1n) is 4.15. The molecule has 0 aromatic heterocycles. The van der Waals surface area contributed by atoms with E-state index in [1.165, 1.54) is 0 Å². The van der Waals surface area contributed by atoms with Crippen molar-refractivity contribution in [2.45, 2.75) is 26.2 Å². The summed E-state index contributed by atoms with van der Waals surface area (Å²) in [5.74, 6) is 0. The average Bonchev–Trinajstić information content (AvgIpc) is 2.03. The Balaban J connectivity index is 3.29. The Hall–Kier alpha value is -1.000. The summed E-state index contributed by atoms with van der Waals surface area (Å²) in [5, 5.41) is 9.45. The van der Waals surface area contributed by atoms with Crippen LogP contribution in [-0.2, 0) is 5.41 Å². The van der Waals surface area contributed by atoms with Crippen molar-refractivity contribution >= 4 is 11.6 Å². The predicted octanol–water partition coefficient (Wildman–Crippen LogP) is 3.51. The minimum Gasteiger partial charge on any atom is -0.192 e. The lowest BCUT2D eigenvalue weighted by Gasteiger charge is -2.20. The van der Waals surface area contributed by atoms with Gasteiger partial charge in [0.15, 0.2) is 0 Å². The van der Waals surface area contributed by atoms with Crippen molar-refractivity contribution in [3.63, 3.8) is 0 Å². The number of rotatable bonds is 0. The summed E-state index contributed by atoms with van der Waals surface area (Å²) in [6.45, 7) is 6.24. The highest BCUT2D eigenvalue weighted by Crippen LogP contribution is 2.29. The Morgan fingerprint density at radius 2 is 1.92 bits per heavy atom. The van der Waals surface area contributed by atoms with Gasteiger partial charge in [0, 0.05) is 5.02 Å². The van der Waals surface area contributed by atoms with Crippen LogP contribution in [0.5, 0.6) is 0 Å². The third kappa shape index (κ3) is 2.23. The molecule has 0 atom stereocenters. The summed E-state index contributed by atoms with van der Waals surface area (Å²) < 4.78 is 0. The molecule has 1 aromatic carbocycles. The maximum absolute atomic E-state index is 8.73. The topological polar surface area (TPSA) is 23.8 Å². The first-order valence-corrected chi connectivity index (χ1v) is 4.53. The minimum atomic E-state index is -0.00998. The standard InChI is InChI=1S/C11H12ClN/c1-11(2,3)9-6-8(7-13)4-5-10(9)12/h4-6H,1-3H3. The van der Waals surface area contributed by atoms with E-state index in [4.69, 9.17) is 16.9 Å². The van der Waals surface area contributed by atoms with Gasteiger partial charge in [0.25, 0.3) is 0 Å². The Bertz CT molecular complexity index is 355. The van der Waals surface area contributed by atoms with Crippen LogP contribution >= 0.6 is 11.6 Å². The maximum Gasteiger partial charge on any atom is 0.0991 e. The van der Waals surface area contributed by atoms with Crippen LogP contribution in [0.3, 0.4) is 0 Å². The summed E-state index contributed by atoms with van der Waals surface area (Å²) in [6.07, 6.45) is 0. The van der Waals surface area contributed by atoms with E-state index >= 15 is 0 Å². The van der Waals surface area contributed by atoms with Gasteiger partial charge >= 0.3 is 0 Å². The van der Waals surface area contributed by atoms with E-state index in [1.54, 1.807) is 12.1 Å².